The van der Waals surface area contributed by atoms with Crippen LogP contribution in [-0.4, -0.2) is 34.8 Å². The molecule has 2 atom stereocenters. The highest BCUT2D eigenvalue weighted by molar-refractivity contribution is 7.89. The largest absolute Gasteiger partial charge is 0.480 e. The Hall–Kier alpha value is -1.41. The first kappa shape index (κ1) is 15.0. The van der Waals surface area contributed by atoms with Crippen LogP contribution in [0.2, 0.25) is 0 Å². The Morgan fingerprint density at radius 3 is 2.75 bits per heavy atom. The molecule has 0 radical (unpaired) electrons. The maximum atomic E-state index is 12.3. The molecule has 0 spiro atoms. The van der Waals surface area contributed by atoms with E-state index >= 15 is 0 Å². The van der Waals surface area contributed by atoms with Crippen molar-refractivity contribution in [2.45, 2.75) is 43.0 Å². The second-order valence-corrected chi connectivity index (χ2v) is 7.06. The van der Waals surface area contributed by atoms with Crippen molar-refractivity contribution >= 4 is 16.0 Å². The standard InChI is InChI=1S/C12H19N3O4S/c1-9-5-3-4-6-12(9,11(16)17)14-20(18,19)10-7-13-15(2)8-10/h7-9,14H,3-6H2,1-2H3,(H,16,17). The lowest BCUT2D eigenvalue weighted by Crippen LogP contribution is -2.59. The highest BCUT2D eigenvalue weighted by Crippen LogP contribution is 2.35. The van der Waals surface area contributed by atoms with E-state index in [-0.39, 0.29) is 10.8 Å². The Morgan fingerprint density at radius 1 is 1.55 bits per heavy atom. The van der Waals surface area contributed by atoms with Crippen molar-refractivity contribution in [2.75, 3.05) is 0 Å². The molecule has 0 aliphatic heterocycles. The highest BCUT2D eigenvalue weighted by atomic mass is 32.2. The second-order valence-electron chi connectivity index (χ2n) is 5.38. The number of hydrogen-bond acceptors (Lipinski definition) is 4. The van der Waals surface area contributed by atoms with Crippen molar-refractivity contribution in [3.63, 3.8) is 0 Å². The highest BCUT2D eigenvalue weighted by Gasteiger charge is 2.48. The van der Waals surface area contributed by atoms with Gasteiger partial charge in [-0.25, -0.2) is 8.42 Å². The summed E-state index contributed by atoms with van der Waals surface area (Å²) >= 11 is 0. The minimum absolute atomic E-state index is 0.0154. The van der Waals surface area contributed by atoms with E-state index < -0.39 is 21.5 Å². The molecule has 2 unspecified atom stereocenters. The Labute approximate surface area is 118 Å². The minimum atomic E-state index is -3.89. The third kappa shape index (κ3) is 2.57. The van der Waals surface area contributed by atoms with E-state index in [0.717, 1.165) is 6.42 Å². The van der Waals surface area contributed by atoms with Gasteiger partial charge in [0.1, 0.15) is 10.4 Å². The Kier molecular flexibility index (Phi) is 3.88. The molecule has 2 N–H and O–H groups in total. The van der Waals surface area contributed by atoms with Gasteiger partial charge < -0.3 is 5.11 Å². The molecule has 20 heavy (non-hydrogen) atoms. The summed E-state index contributed by atoms with van der Waals surface area (Å²) in [5.41, 5.74) is -1.42. The fourth-order valence-electron chi connectivity index (χ4n) is 2.70. The van der Waals surface area contributed by atoms with E-state index in [9.17, 15) is 18.3 Å². The molecule has 1 fully saturated rings. The molecule has 1 aliphatic carbocycles. The summed E-state index contributed by atoms with van der Waals surface area (Å²) in [5.74, 6) is -1.36. The number of aryl methyl sites for hydroxylation is 1. The average molecular weight is 301 g/mol. The van der Waals surface area contributed by atoms with Crippen molar-refractivity contribution in [1.82, 2.24) is 14.5 Å². The van der Waals surface area contributed by atoms with Crippen LogP contribution in [0.15, 0.2) is 17.3 Å². The number of carbonyl (C=O) groups is 1. The summed E-state index contributed by atoms with van der Waals surface area (Å²) in [6, 6.07) is 0. The number of aliphatic carboxylic acids is 1. The molecule has 0 aromatic carbocycles. The fourth-order valence-corrected chi connectivity index (χ4v) is 4.16. The zero-order valence-electron chi connectivity index (χ0n) is 11.5. The third-order valence-electron chi connectivity index (χ3n) is 3.99. The molecule has 0 bridgehead atoms. The first-order chi connectivity index (χ1) is 9.28. The number of carboxylic acid groups (broad SMARTS) is 1. The predicted octanol–water partition coefficient (Wildman–Crippen LogP) is 0.732. The van der Waals surface area contributed by atoms with Gasteiger partial charge in [0.2, 0.25) is 10.0 Å². The van der Waals surface area contributed by atoms with Crippen LogP contribution in [0.25, 0.3) is 0 Å². The molecule has 0 saturated heterocycles. The molecular weight excluding hydrogens is 282 g/mol. The topological polar surface area (TPSA) is 101 Å². The summed E-state index contributed by atoms with van der Waals surface area (Å²) in [5, 5.41) is 13.3. The fraction of sp³-hybridized carbons (Fsp3) is 0.667. The zero-order chi connectivity index (χ0) is 15.0. The summed E-state index contributed by atoms with van der Waals surface area (Å²) in [7, 11) is -2.28. The van der Waals surface area contributed by atoms with Gasteiger partial charge in [0.25, 0.3) is 0 Å². The summed E-state index contributed by atoms with van der Waals surface area (Å²) < 4.78 is 28.5. The lowest BCUT2D eigenvalue weighted by Gasteiger charge is -2.39. The first-order valence-electron chi connectivity index (χ1n) is 6.54. The van der Waals surface area contributed by atoms with Gasteiger partial charge in [0.15, 0.2) is 0 Å². The van der Waals surface area contributed by atoms with Crippen LogP contribution in [-0.2, 0) is 21.9 Å². The average Bonchev–Trinajstić information content (AvgIpc) is 2.79. The van der Waals surface area contributed by atoms with Gasteiger partial charge in [-0.05, 0) is 18.8 Å². The van der Waals surface area contributed by atoms with E-state index in [2.05, 4.69) is 9.82 Å². The van der Waals surface area contributed by atoms with E-state index in [4.69, 9.17) is 0 Å². The van der Waals surface area contributed by atoms with Gasteiger partial charge >= 0.3 is 5.97 Å². The van der Waals surface area contributed by atoms with Gasteiger partial charge in [-0.3, -0.25) is 9.48 Å². The SMILES string of the molecule is CC1CCCCC1(NS(=O)(=O)c1cnn(C)c1)C(=O)O. The molecule has 1 aromatic heterocycles. The van der Waals surface area contributed by atoms with E-state index in [1.165, 1.54) is 17.1 Å². The smallest absolute Gasteiger partial charge is 0.325 e. The van der Waals surface area contributed by atoms with Crippen LogP contribution in [0.1, 0.15) is 32.6 Å². The van der Waals surface area contributed by atoms with Gasteiger partial charge in [-0.1, -0.05) is 19.8 Å². The zero-order valence-corrected chi connectivity index (χ0v) is 12.4. The maximum Gasteiger partial charge on any atom is 0.325 e. The number of carboxylic acids is 1. The number of rotatable bonds is 4. The Balaban J connectivity index is 2.35. The number of hydrogen-bond donors (Lipinski definition) is 2. The monoisotopic (exact) mass is 301 g/mol. The molecule has 2 rings (SSSR count). The van der Waals surface area contributed by atoms with E-state index in [0.29, 0.717) is 19.3 Å². The normalized spacial score (nSPS) is 27.4. The van der Waals surface area contributed by atoms with Crippen molar-refractivity contribution in [1.29, 1.82) is 0 Å². The van der Waals surface area contributed by atoms with Gasteiger partial charge in [0, 0.05) is 13.2 Å². The molecule has 7 nitrogen and oxygen atoms in total. The molecular formula is C12H19N3O4S. The van der Waals surface area contributed by atoms with Crippen LogP contribution in [0.5, 0.6) is 0 Å². The van der Waals surface area contributed by atoms with Crippen molar-refractivity contribution in [3.8, 4) is 0 Å². The lowest BCUT2D eigenvalue weighted by molar-refractivity contribution is -0.147. The molecule has 1 aliphatic rings. The quantitative estimate of drug-likeness (QED) is 0.853. The predicted molar refractivity (Wildman–Crippen MR) is 71.5 cm³/mol. The van der Waals surface area contributed by atoms with Crippen LogP contribution < -0.4 is 4.72 Å². The van der Waals surface area contributed by atoms with Gasteiger partial charge in [-0.2, -0.15) is 9.82 Å². The van der Waals surface area contributed by atoms with Crippen molar-refractivity contribution in [2.24, 2.45) is 13.0 Å². The number of nitrogens with zero attached hydrogens (tertiary/aromatic N) is 2. The first-order valence-corrected chi connectivity index (χ1v) is 8.02. The van der Waals surface area contributed by atoms with E-state index in [1.54, 1.807) is 14.0 Å². The molecule has 0 amide bonds. The third-order valence-corrected chi connectivity index (χ3v) is 5.45. The van der Waals surface area contributed by atoms with Crippen molar-refractivity contribution in [3.05, 3.63) is 12.4 Å². The number of nitrogens with one attached hydrogen (secondary N) is 1. The Morgan fingerprint density at radius 2 is 2.25 bits per heavy atom. The van der Waals surface area contributed by atoms with Gasteiger partial charge in [0.05, 0.1) is 6.20 Å². The van der Waals surface area contributed by atoms with Crippen LogP contribution in [0.4, 0.5) is 0 Å². The van der Waals surface area contributed by atoms with E-state index in [1.807, 2.05) is 0 Å². The summed E-state index contributed by atoms with van der Waals surface area (Å²) in [6.07, 6.45) is 5.19. The minimum Gasteiger partial charge on any atom is -0.480 e. The summed E-state index contributed by atoms with van der Waals surface area (Å²) in [4.78, 5) is 11.6. The number of sulfonamides is 1. The Bertz CT molecular complexity index is 610. The van der Waals surface area contributed by atoms with Crippen LogP contribution in [0.3, 0.4) is 0 Å². The maximum absolute atomic E-state index is 12.3. The molecule has 1 aromatic rings. The molecule has 1 heterocycles. The molecule has 8 heteroatoms. The lowest BCUT2D eigenvalue weighted by atomic mass is 9.74. The van der Waals surface area contributed by atoms with Gasteiger partial charge in [-0.15, -0.1) is 0 Å². The second kappa shape index (κ2) is 5.17. The molecule has 1 saturated carbocycles. The van der Waals surface area contributed by atoms with Crippen molar-refractivity contribution < 1.29 is 18.3 Å². The summed E-state index contributed by atoms with van der Waals surface area (Å²) in [6.45, 7) is 1.78. The molecule has 112 valence electrons. The van der Waals surface area contributed by atoms with Crippen LogP contribution >= 0.6 is 0 Å². The van der Waals surface area contributed by atoms with Crippen LogP contribution in [0, 0.1) is 5.92 Å². The number of aromatic nitrogens is 2.